The number of carbonyl (C=O) groups is 1. The average molecular weight is 419 g/mol. The number of carbonyl (C=O) groups excluding carboxylic acids is 1. The number of nitrogens with zero attached hydrogens (tertiary/aromatic N) is 1. The number of hydrogen-bond acceptors (Lipinski definition) is 6. The van der Waals surface area contributed by atoms with Crippen LogP contribution >= 0.6 is 39.5 Å². The minimum Gasteiger partial charge on any atom is -0.503 e. The fourth-order valence-corrected chi connectivity index (χ4v) is 5.39. The molecule has 0 saturated carbocycles. The van der Waals surface area contributed by atoms with Crippen molar-refractivity contribution in [3.63, 3.8) is 0 Å². The summed E-state index contributed by atoms with van der Waals surface area (Å²) >= 11 is 6.90. The number of phenols is 1. The second-order valence-corrected chi connectivity index (χ2v) is 9.39. The van der Waals surface area contributed by atoms with E-state index in [4.69, 9.17) is 4.74 Å². The van der Waals surface area contributed by atoms with E-state index in [1.54, 1.807) is 12.1 Å². The predicted molar refractivity (Wildman–Crippen MR) is 101 cm³/mol. The summed E-state index contributed by atoms with van der Waals surface area (Å²) in [4.78, 5) is 12.0. The van der Waals surface area contributed by atoms with Crippen molar-refractivity contribution in [2.45, 2.75) is 24.3 Å². The van der Waals surface area contributed by atoms with Crippen molar-refractivity contribution in [1.82, 2.24) is 5.43 Å². The lowest BCUT2D eigenvalue weighted by Crippen LogP contribution is -2.26. The number of benzene rings is 1. The molecule has 8 heteroatoms. The molecule has 1 aromatic carbocycles. The van der Waals surface area contributed by atoms with Crippen LogP contribution in [0, 0.1) is 0 Å². The van der Waals surface area contributed by atoms with Crippen LogP contribution in [0.1, 0.15) is 25.8 Å². The average Bonchev–Trinajstić information content (AvgIpc) is 2.90. The third kappa shape index (κ3) is 5.32. The van der Waals surface area contributed by atoms with Crippen LogP contribution in [0.15, 0.2) is 21.7 Å². The number of hydrazone groups is 1. The summed E-state index contributed by atoms with van der Waals surface area (Å²) in [6, 6.07) is 3.38. The van der Waals surface area contributed by atoms with E-state index in [2.05, 4.69) is 33.4 Å². The Balaban J connectivity index is 1.96. The SMILES string of the molecule is CCOc1cc(/C=N\NC(=O)CC2(C)SCCS2)cc(Br)c1O. The molecule has 1 saturated heterocycles. The Kier molecular flexibility index (Phi) is 6.67. The molecule has 1 aromatic rings. The van der Waals surface area contributed by atoms with E-state index in [9.17, 15) is 9.90 Å². The Morgan fingerprint density at radius 2 is 2.22 bits per heavy atom. The van der Waals surface area contributed by atoms with Crippen LogP contribution in [0.5, 0.6) is 11.5 Å². The van der Waals surface area contributed by atoms with E-state index in [0.717, 1.165) is 11.5 Å². The first-order chi connectivity index (χ1) is 10.9. The fraction of sp³-hybridized carbons (Fsp3) is 0.467. The van der Waals surface area contributed by atoms with Crippen LogP contribution in [0.2, 0.25) is 0 Å². The van der Waals surface area contributed by atoms with Gasteiger partial charge < -0.3 is 9.84 Å². The van der Waals surface area contributed by atoms with E-state index < -0.39 is 0 Å². The number of ether oxygens (including phenoxy) is 1. The van der Waals surface area contributed by atoms with Crippen molar-refractivity contribution < 1.29 is 14.6 Å². The minimum absolute atomic E-state index is 0.0521. The molecule has 5 nitrogen and oxygen atoms in total. The monoisotopic (exact) mass is 418 g/mol. The highest BCUT2D eigenvalue weighted by atomic mass is 79.9. The van der Waals surface area contributed by atoms with E-state index in [-0.39, 0.29) is 15.7 Å². The first kappa shape index (κ1) is 18.5. The Morgan fingerprint density at radius 1 is 1.52 bits per heavy atom. The van der Waals surface area contributed by atoms with Gasteiger partial charge in [-0.15, -0.1) is 23.5 Å². The molecule has 0 aromatic heterocycles. The summed E-state index contributed by atoms with van der Waals surface area (Å²) in [7, 11) is 0. The number of halogens is 1. The number of aromatic hydroxyl groups is 1. The van der Waals surface area contributed by atoms with Crippen LogP contribution in [0.4, 0.5) is 0 Å². The summed E-state index contributed by atoms with van der Waals surface area (Å²) < 4.78 is 5.82. The molecule has 0 unspecified atom stereocenters. The molecule has 1 amide bonds. The molecule has 1 aliphatic heterocycles. The van der Waals surface area contributed by atoms with Gasteiger partial charge in [0.2, 0.25) is 5.91 Å². The lowest BCUT2D eigenvalue weighted by atomic mass is 10.2. The third-order valence-corrected chi connectivity index (χ3v) is 7.03. The zero-order valence-electron chi connectivity index (χ0n) is 13.0. The first-order valence-corrected chi connectivity index (χ1v) is 9.95. The van der Waals surface area contributed by atoms with Crippen molar-refractivity contribution in [2.75, 3.05) is 18.1 Å². The number of thioether (sulfide) groups is 2. The first-order valence-electron chi connectivity index (χ1n) is 7.18. The third-order valence-electron chi connectivity index (χ3n) is 3.13. The highest BCUT2D eigenvalue weighted by molar-refractivity contribution is 9.10. The number of amides is 1. The van der Waals surface area contributed by atoms with E-state index in [1.165, 1.54) is 6.21 Å². The lowest BCUT2D eigenvalue weighted by molar-refractivity contribution is -0.121. The van der Waals surface area contributed by atoms with E-state index in [0.29, 0.717) is 28.8 Å². The summed E-state index contributed by atoms with van der Waals surface area (Å²) in [6.45, 7) is 4.38. The van der Waals surface area contributed by atoms with Gasteiger partial charge in [-0.1, -0.05) is 0 Å². The Morgan fingerprint density at radius 3 is 2.87 bits per heavy atom. The van der Waals surface area contributed by atoms with Gasteiger partial charge in [0.05, 0.1) is 27.8 Å². The Bertz CT molecular complexity index is 605. The molecule has 0 bridgehead atoms. The maximum Gasteiger partial charge on any atom is 0.242 e. The number of rotatable bonds is 6. The summed E-state index contributed by atoms with van der Waals surface area (Å²) in [5, 5.41) is 13.8. The van der Waals surface area contributed by atoms with Gasteiger partial charge in [-0.3, -0.25) is 4.79 Å². The summed E-state index contributed by atoms with van der Waals surface area (Å²) in [5.74, 6) is 2.49. The summed E-state index contributed by atoms with van der Waals surface area (Å²) in [6.07, 6.45) is 1.96. The largest absolute Gasteiger partial charge is 0.503 e. The van der Waals surface area contributed by atoms with Crippen LogP contribution in [0.3, 0.4) is 0 Å². The minimum atomic E-state index is -0.103. The maximum atomic E-state index is 12.0. The predicted octanol–water partition coefficient (Wildman–Crippen LogP) is 3.59. The van der Waals surface area contributed by atoms with Gasteiger partial charge in [0.25, 0.3) is 0 Å². The van der Waals surface area contributed by atoms with Gasteiger partial charge in [0, 0.05) is 11.5 Å². The highest BCUT2D eigenvalue weighted by Gasteiger charge is 2.32. The number of nitrogens with one attached hydrogen (secondary N) is 1. The zero-order chi connectivity index (χ0) is 16.9. The van der Waals surface area contributed by atoms with Gasteiger partial charge in [-0.25, -0.2) is 5.43 Å². The normalized spacial score (nSPS) is 16.7. The van der Waals surface area contributed by atoms with Gasteiger partial charge in [-0.2, -0.15) is 5.10 Å². The molecular formula is C15H19BrN2O3S2. The van der Waals surface area contributed by atoms with Crippen LogP contribution in [-0.4, -0.2) is 39.4 Å². The molecule has 0 spiro atoms. The molecular weight excluding hydrogens is 400 g/mol. The fourth-order valence-electron chi connectivity index (χ4n) is 2.10. The number of hydrogen-bond donors (Lipinski definition) is 2. The second-order valence-electron chi connectivity index (χ2n) is 5.08. The molecule has 0 radical (unpaired) electrons. The van der Waals surface area contributed by atoms with Crippen LogP contribution in [-0.2, 0) is 4.79 Å². The molecule has 0 atom stereocenters. The molecule has 1 aliphatic rings. The topological polar surface area (TPSA) is 70.9 Å². The highest BCUT2D eigenvalue weighted by Crippen LogP contribution is 2.45. The lowest BCUT2D eigenvalue weighted by Gasteiger charge is -2.19. The van der Waals surface area contributed by atoms with E-state index in [1.807, 2.05) is 30.4 Å². The van der Waals surface area contributed by atoms with E-state index >= 15 is 0 Å². The Hall–Kier alpha value is -0.860. The maximum absolute atomic E-state index is 12.0. The van der Waals surface area contributed by atoms with Crippen molar-refractivity contribution in [3.05, 3.63) is 22.2 Å². The Labute approximate surface area is 152 Å². The second kappa shape index (κ2) is 8.30. The van der Waals surface area contributed by atoms with Crippen molar-refractivity contribution in [1.29, 1.82) is 0 Å². The van der Waals surface area contributed by atoms with Crippen molar-refractivity contribution in [3.8, 4) is 11.5 Å². The molecule has 1 fully saturated rings. The molecule has 0 aliphatic carbocycles. The quantitative estimate of drug-likeness (QED) is 0.545. The van der Waals surface area contributed by atoms with Gasteiger partial charge in [0.1, 0.15) is 0 Å². The van der Waals surface area contributed by atoms with Crippen molar-refractivity contribution in [2.24, 2.45) is 5.10 Å². The standard InChI is InChI=1S/C15H19BrN2O3S2/c1-3-21-12-7-10(6-11(16)14(12)20)9-17-18-13(19)8-15(2)22-4-5-23-15/h6-7,9,20H,3-5,8H2,1-2H3,(H,18,19)/b17-9-. The molecule has 126 valence electrons. The van der Waals surface area contributed by atoms with Gasteiger partial charge in [-0.05, 0) is 47.5 Å². The number of phenolic OH excluding ortho intramolecular Hbond substituents is 1. The zero-order valence-corrected chi connectivity index (χ0v) is 16.2. The molecule has 2 N–H and O–H groups in total. The summed E-state index contributed by atoms with van der Waals surface area (Å²) in [5.41, 5.74) is 3.27. The molecule has 23 heavy (non-hydrogen) atoms. The van der Waals surface area contributed by atoms with Gasteiger partial charge >= 0.3 is 0 Å². The van der Waals surface area contributed by atoms with Crippen molar-refractivity contribution >= 4 is 51.6 Å². The van der Waals surface area contributed by atoms with Crippen LogP contribution in [0.25, 0.3) is 0 Å². The molecule has 1 heterocycles. The van der Waals surface area contributed by atoms with Gasteiger partial charge in [0.15, 0.2) is 11.5 Å². The van der Waals surface area contributed by atoms with Crippen LogP contribution < -0.4 is 10.2 Å². The smallest absolute Gasteiger partial charge is 0.242 e. The molecule has 2 rings (SSSR count).